The second-order valence-corrected chi connectivity index (χ2v) is 17.8. The number of hydrogen-bond donors (Lipinski definition) is 5. The molecule has 8 aliphatic rings. The number of hydrogen-bond acceptors (Lipinski definition) is 9. The van der Waals surface area contributed by atoms with Gasteiger partial charge in [-0.15, -0.1) is 0 Å². The zero-order valence-electron chi connectivity index (χ0n) is 27.5. The van der Waals surface area contributed by atoms with Crippen LogP contribution in [0.3, 0.4) is 0 Å². The van der Waals surface area contributed by atoms with Crippen molar-refractivity contribution < 1.29 is 44.5 Å². The number of rotatable bonds is 3. The van der Waals surface area contributed by atoms with E-state index >= 15 is 0 Å². The van der Waals surface area contributed by atoms with Crippen LogP contribution in [-0.2, 0) is 18.9 Å². The second kappa shape index (κ2) is 8.88. The van der Waals surface area contributed by atoms with Gasteiger partial charge in [0, 0.05) is 11.3 Å². The lowest BCUT2D eigenvalue weighted by molar-refractivity contribution is -0.300. The molecule has 3 spiro atoms. The van der Waals surface area contributed by atoms with E-state index in [0.717, 1.165) is 44.9 Å². The number of aliphatic hydroxyl groups excluding tert-OH is 4. The Bertz CT molecular complexity index is 1260. The fourth-order valence-corrected chi connectivity index (χ4v) is 13.1. The largest absolute Gasteiger partial charge is 0.388 e. The van der Waals surface area contributed by atoms with E-state index in [9.17, 15) is 25.5 Å². The molecule has 5 N–H and O–H groups in total. The summed E-state index contributed by atoms with van der Waals surface area (Å²) in [4.78, 5) is 0. The Hall–Kier alpha value is -0.620. The molecule has 7 fully saturated rings. The average molecular weight is 619 g/mol. The highest BCUT2D eigenvalue weighted by atomic mass is 16.8. The minimum absolute atomic E-state index is 0.0234. The van der Waals surface area contributed by atoms with E-state index in [1.54, 1.807) is 13.8 Å². The van der Waals surface area contributed by atoms with Gasteiger partial charge in [0.25, 0.3) is 0 Å². The number of aliphatic hydroxyl groups is 5. The molecule has 16 atom stereocenters. The van der Waals surface area contributed by atoms with Crippen LogP contribution in [-0.4, -0.2) is 92.5 Å². The van der Waals surface area contributed by atoms with Crippen LogP contribution in [0.15, 0.2) is 11.6 Å². The van der Waals surface area contributed by atoms with Gasteiger partial charge in [0.1, 0.15) is 30.5 Å². The van der Waals surface area contributed by atoms with Crippen molar-refractivity contribution in [1.82, 2.24) is 0 Å². The molecule has 3 saturated heterocycles. The predicted molar refractivity (Wildman–Crippen MR) is 159 cm³/mol. The van der Waals surface area contributed by atoms with E-state index in [2.05, 4.69) is 40.7 Å². The SMILES string of the molecule is C[C@@H]1C[C@@H]2O[C@@]3(O[C@H]2C(C)(C)O)[C@@H]1[C@]1(C)CC[C@@]24C[C@@]25CC[C@H](O[C@@H]2OC[C@@H](O)[C@H](O)[C@H]2O)C(C)(C)[C@@H]5CC=C4[C@]1(C)[C@@H]3O. The molecule has 8 rings (SSSR count). The van der Waals surface area contributed by atoms with Gasteiger partial charge in [-0.3, -0.25) is 0 Å². The first-order chi connectivity index (χ1) is 20.4. The normalized spacial score (nSPS) is 60.4. The Balaban J connectivity index is 1.13. The fourth-order valence-electron chi connectivity index (χ4n) is 13.1. The van der Waals surface area contributed by atoms with Gasteiger partial charge in [-0.25, -0.2) is 0 Å². The van der Waals surface area contributed by atoms with Crippen LogP contribution < -0.4 is 0 Å². The van der Waals surface area contributed by atoms with Gasteiger partial charge in [0.2, 0.25) is 0 Å². The van der Waals surface area contributed by atoms with Gasteiger partial charge in [-0.05, 0) is 92.3 Å². The highest BCUT2D eigenvalue weighted by Gasteiger charge is 2.86. The predicted octanol–water partition coefficient (Wildman–Crippen LogP) is 3.04. The maximum Gasteiger partial charge on any atom is 0.199 e. The third-order valence-corrected chi connectivity index (χ3v) is 15.2. The lowest BCUT2D eigenvalue weighted by atomic mass is 9.44. The molecular formula is C35H54O9. The van der Waals surface area contributed by atoms with Gasteiger partial charge in [0.05, 0.1) is 24.4 Å². The monoisotopic (exact) mass is 618 g/mol. The Morgan fingerprint density at radius 1 is 0.977 bits per heavy atom. The van der Waals surface area contributed by atoms with Crippen molar-refractivity contribution >= 4 is 0 Å². The first-order valence-corrected chi connectivity index (χ1v) is 17.2. The smallest absolute Gasteiger partial charge is 0.199 e. The van der Waals surface area contributed by atoms with Crippen LogP contribution in [0.4, 0.5) is 0 Å². The summed E-state index contributed by atoms with van der Waals surface area (Å²) >= 11 is 0. The molecule has 0 aromatic heterocycles. The van der Waals surface area contributed by atoms with E-state index < -0.39 is 53.6 Å². The molecule has 0 amide bonds. The first kappa shape index (κ1) is 30.7. The number of ether oxygens (including phenoxy) is 4. The molecule has 248 valence electrons. The van der Waals surface area contributed by atoms with Crippen molar-refractivity contribution in [3.05, 3.63) is 11.6 Å². The number of fused-ring (bicyclic) bond motifs is 4. The van der Waals surface area contributed by atoms with Crippen molar-refractivity contribution in [3.8, 4) is 0 Å². The van der Waals surface area contributed by atoms with E-state index in [-0.39, 0.29) is 46.4 Å². The standard InChI is InChI=1S/C35H54O9/c1-17-14-19-26(30(4,5)40)44-35(43-19)25(17)31(6)12-13-34-16-33(34)11-10-22(42-27-24(38)23(37)18(36)15-41-27)29(2,3)20(33)8-9-21(34)32(31,7)28(35)39/h9,17-20,22-28,36-40H,8,10-16H2,1-7H3/t17-,18-,19+,20+,22+,23+,24-,25+,26-,27+,28+,31+,32-,33-,34+,35-/m1/s1. The Morgan fingerprint density at radius 3 is 2.41 bits per heavy atom. The van der Waals surface area contributed by atoms with E-state index in [4.69, 9.17) is 18.9 Å². The first-order valence-electron chi connectivity index (χ1n) is 17.2. The molecule has 2 bridgehead atoms. The minimum Gasteiger partial charge on any atom is -0.388 e. The molecule has 0 aromatic carbocycles. The topological polar surface area (TPSA) is 138 Å². The van der Waals surface area contributed by atoms with Crippen LogP contribution in [0.25, 0.3) is 0 Å². The molecule has 5 aliphatic carbocycles. The molecule has 3 aliphatic heterocycles. The fraction of sp³-hybridized carbons (Fsp3) is 0.943. The molecule has 0 aromatic rings. The molecule has 3 heterocycles. The zero-order valence-corrected chi connectivity index (χ0v) is 27.5. The molecule has 0 unspecified atom stereocenters. The molecule has 0 radical (unpaired) electrons. The molecule has 9 heteroatoms. The third-order valence-electron chi connectivity index (χ3n) is 15.2. The van der Waals surface area contributed by atoms with Gasteiger partial charge in [-0.2, -0.15) is 0 Å². The highest BCUT2D eigenvalue weighted by molar-refractivity contribution is 5.48. The quantitative estimate of drug-likeness (QED) is 0.302. The van der Waals surface area contributed by atoms with Gasteiger partial charge >= 0.3 is 0 Å². The minimum atomic E-state index is -1.30. The Kier molecular flexibility index (Phi) is 6.20. The van der Waals surface area contributed by atoms with Crippen LogP contribution in [0.1, 0.15) is 93.4 Å². The van der Waals surface area contributed by atoms with Crippen LogP contribution >= 0.6 is 0 Å². The maximum atomic E-state index is 12.6. The lowest BCUT2D eigenvalue weighted by Crippen LogP contribution is -2.58. The Morgan fingerprint density at radius 2 is 1.70 bits per heavy atom. The van der Waals surface area contributed by atoms with Gasteiger partial charge in [-0.1, -0.05) is 46.3 Å². The summed E-state index contributed by atoms with van der Waals surface area (Å²) in [5.74, 6) is -0.431. The number of allylic oxidation sites excluding steroid dienone is 1. The summed E-state index contributed by atoms with van der Waals surface area (Å²) < 4.78 is 25.7. The summed E-state index contributed by atoms with van der Waals surface area (Å²) in [5.41, 5.74) is -0.456. The van der Waals surface area contributed by atoms with Crippen LogP contribution in [0.5, 0.6) is 0 Å². The van der Waals surface area contributed by atoms with Crippen molar-refractivity contribution in [2.24, 2.45) is 44.8 Å². The van der Waals surface area contributed by atoms with E-state index in [0.29, 0.717) is 11.8 Å². The summed E-state index contributed by atoms with van der Waals surface area (Å²) in [7, 11) is 0. The summed E-state index contributed by atoms with van der Waals surface area (Å²) in [6, 6.07) is 0. The summed E-state index contributed by atoms with van der Waals surface area (Å²) in [5, 5.41) is 54.4. The average Bonchev–Trinajstić information content (AvgIpc) is 3.45. The highest BCUT2D eigenvalue weighted by Crippen LogP contribution is 2.89. The van der Waals surface area contributed by atoms with Gasteiger partial charge in [0.15, 0.2) is 12.1 Å². The van der Waals surface area contributed by atoms with Crippen molar-refractivity contribution in [1.29, 1.82) is 0 Å². The molecule has 9 nitrogen and oxygen atoms in total. The molecule has 44 heavy (non-hydrogen) atoms. The van der Waals surface area contributed by atoms with Crippen LogP contribution in [0.2, 0.25) is 0 Å². The summed E-state index contributed by atoms with van der Waals surface area (Å²) in [6.45, 7) is 15.0. The van der Waals surface area contributed by atoms with Gasteiger partial charge < -0.3 is 44.5 Å². The Labute approximate surface area is 261 Å². The van der Waals surface area contributed by atoms with Crippen molar-refractivity contribution in [2.75, 3.05) is 6.61 Å². The van der Waals surface area contributed by atoms with E-state index in [1.807, 2.05) is 0 Å². The molecule has 4 saturated carbocycles. The molecular weight excluding hydrogens is 564 g/mol. The second-order valence-electron chi connectivity index (χ2n) is 17.8. The van der Waals surface area contributed by atoms with Crippen molar-refractivity contribution in [2.45, 2.75) is 154 Å². The maximum absolute atomic E-state index is 12.6. The third kappa shape index (κ3) is 3.33. The van der Waals surface area contributed by atoms with E-state index in [1.165, 1.54) is 5.57 Å². The van der Waals surface area contributed by atoms with Crippen LogP contribution in [0, 0.1) is 44.8 Å². The summed E-state index contributed by atoms with van der Waals surface area (Å²) in [6.07, 6.45) is 2.81. The lowest BCUT2D eigenvalue weighted by Gasteiger charge is -2.60. The zero-order chi connectivity index (χ0) is 31.6. The van der Waals surface area contributed by atoms with Crippen molar-refractivity contribution in [3.63, 3.8) is 0 Å².